The topological polar surface area (TPSA) is 58.2 Å². The monoisotopic (exact) mass is 288 g/mol. The lowest BCUT2D eigenvalue weighted by molar-refractivity contribution is 0.538. The van der Waals surface area contributed by atoms with Crippen LogP contribution in [0.2, 0.25) is 0 Å². The van der Waals surface area contributed by atoms with E-state index in [1.54, 1.807) is 13.0 Å². The molecule has 0 saturated heterocycles. The Kier molecular flexibility index (Phi) is 5.90. The number of rotatable bonds is 7. The Hall–Kier alpha value is -0.980. The number of nitrogens with one attached hydrogen (secondary N) is 2. The van der Waals surface area contributed by atoms with Gasteiger partial charge in [0.05, 0.1) is 0 Å². The van der Waals surface area contributed by atoms with E-state index in [1.807, 2.05) is 13.8 Å². The molecular weight excluding hydrogens is 267 g/mol. The van der Waals surface area contributed by atoms with Crippen LogP contribution in [-0.4, -0.2) is 21.0 Å². The summed E-state index contributed by atoms with van der Waals surface area (Å²) in [7, 11) is -3.78. The molecule has 19 heavy (non-hydrogen) atoms. The van der Waals surface area contributed by atoms with Crippen molar-refractivity contribution in [3.8, 4) is 0 Å². The minimum Gasteiger partial charge on any atom is -0.313 e. The van der Waals surface area contributed by atoms with Crippen molar-refractivity contribution in [1.82, 2.24) is 10.0 Å². The zero-order chi connectivity index (χ0) is 14.5. The van der Waals surface area contributed by atoms with Crippen molar-refractivity contribution in [2.24, 2.45) is 0 Å². The maximum atomic E-state index is 13.9. The van der Waals surface area contributed by atoms with Crippen molar-refractivity contribution in [3.63, 3.8) is 0 Å². The van der Waals surface area contributed by atoms with Crippen molar-refractivity contribution in [2.45, 2.75) is 44.7 Å². The molecule has 0 radical (unpaired) electrons. The van der Waals surface area contributed by atoms with Gasteiger partial charge in [-0.2, -0.15) is 0 Å². The Morgan fingerprint density at radius 3 is 2.53 bits per heavy atom. The van der Waals surface area contributed by atoms with E-state index in [0.29, 0.717) is 13.0 Å². The Morgan fingerprint density at radius 2 is 2.00 bits per heavy atom. The fourth-order valence-electron chi connectivity index (χ4n) is 1.55. The van der Waals surface area contributed by atoms with Crippen LogP contribution in [0.25, 0.3) is 0 Å². The van der Waals surface area contributed by atoms with Crippen molar-refractivity contribution in [2.75, 3.05) is 6.54 Å². The summed E-state index contributed by atoms with van der Waals surface area (Å²) in [5, 5.41) is 3.06. The highest BCUT2D eigenvalue weighted by molar-refractivity contribution is 7.89. The van der Waals surface area contributed by atoms with Crippen molar-refractivity contribution < 1.29 is 12.8 Å². The molecule has 1 aromatic carbocycles. The molecule has 4 nitrogen and oxygen atoms in total. The molecule has 0 spiro atoms. The minimum atomic E-state index is -3.78. The van der Waals surface area contributed by atoms with Gasteiger partial charge >= 0.3 is 0 Å². The van der Waals surface area contributed by atoms with E-state index in [4.69, 9.17) is 0 Å². The van der Waals surface area contributed by atoms with E-state index in [9.17, 15) is 12.8 Å². The number of hydrogen-bond donors (Lipinski definition) is 2. The SMILES string of the molecule is CCNCc1ccc(S(=O)(=O)NC(C)CC)c(F)c1. The van der Waals surface area contributed by atoms with Crippen molar-refractivity contribution in [3.05, 3.63) is 29.6 Å². The highest BCUT2D eigenvalue weighted by Crippen LogP contribution is 2.16. The predicted molar refractivity (Wildman–Crippen MR) is 73.9 cm³/mol. The normalized spacial score (nSPS) is 13.5. The van der Waals surface area contributed by atoms with E-state index < -0.39 is 15.8 Å². The van der Waals surface area contributed by atoms with Crippen LogP contribution in [0.15, 0.2) is 23.1 Å². The van der Waals surface area contributed by atoms with Gasteiger partial charge in [0.15, 0.2) is 0 Å². The molecule has 0 fully saturated rings. The zero-order valence-electron chi connectivity index (χ0n) is 11.5. The summed E-state index contributed by atoms with van der Waals surface area (Å²) < 4.78 is 40.3. The highest BCUT2D eigenvalue weighted by atomic mass is 32.2. The first-order valence-electron chi connectivity index (χ1n) is 6.42. The lowest BCUT2D eigenvalue weighted by atomic mass is 10.2. The molecule has 0 bridgehead atoms. The molecule has 0 aliphatic rings. The van der Waals surface area contributed by atoms with Gasteiger partial charge in [-0.25, -0.2) is 17.5 Å². The first kappa shape index (κ1) is 16.1. The molecule has 6 heteroatoms. The first-order chi connectivity index (χ1) is 8.90. The van der Waals surface area contributed by atoms with E-state index in [-0.39, 0.29) is 10.9 Å². The Morgan fingerprint density at radius 1 is 1.32 bits per heavy atom. The first-order valence-corrected chi connectivity index (χ1v) is 7.90. The smallest absolute Gasteiger partial charge is 0.243 e. The van der Waals surface area contributed by atoms with Gasteiger partial charge in [0.2, 0.25) is 10.0 Å². The van der Waals surface area contributed by atoms with E-state index in [2.05, 4.69) is 10.0 Å². The van der Waals surface area contributed by atoms with Crippen LogP contribution in [0.1, 0.15) is 32.8 Å². The maximum absolute atomic E-state index is 13.9. The summed E-state index contributed by atoms with van der Waals surface area (Å²) in [6.07, 6.45) is 0.652. The third-order valence-corrected chi connectivity index (χ3v) is 4.46. The Balaban J connectivity index is 2.95. The van der Waals surface area contributed by atoms with E-state index >= 15 is 0 Å². The zero-order valence-corrected chi connectivity index (χ0v) is 12.3. The summed E-state index contributed by atoms with van der Waals surface area (Å²) in [6.45, 7) is 6.85. The number of hydrogen-bond acceptors (Lipinski definition) is 3. The molecule has 1 atom stereocenters. The molecule has 0 saturated carbocycles. The summed E-state index contributed by atoms with van der Waals surface area (Å²) in [5.41, 5.74) is 0.724. The highest BCUT2D eigenvalue weighted by Gasteiger charge is 2.20. The van der Waals surface area contributed by atoms with E-state index in [0.717, 1.165) is 12.1 Å². The van der Waals surface area contributed by atoms with Crippen LogP contribution in [0.5, 0.6) is 0 Å². The van der Waals surface area contributed by atoms with Crippen molar-refractivity contribution >= 4 is 10.0 Å². The van der Waals surface area contributed by atoms with Gasteiger partial charge in [0.1, 0.15) is 10.7 Å². The summed E-state index contributed by atoms with van der Waals surface area (Å²) in [5.74, 6) is -0.716. The molecule has 0 heterocycles. The van der Waals surface area contributed by atoms with Crippen LogP contribution < -0.4 is 10.0 Å². The fraction of sp³-hybridized carbons (Fsp3) is 0.538. The Bertz CT molecular complexity index is 517. The predicted octanol–water partition coefficient (Wildman–Crippen LogP) is 2.01. The number of sulfonamides is 1. The summed E-state index contributed by atoms with van der Waals surface area (Å²) in [4.78, 5) is -0.298. The second-order valence-corrected chi connectivity index (χ2v) is 6.16. The maximum Gasteiger partial charge on any atom is 0.243 e. The van der Waals surface area contributed by atoms with Gasteiger partial charge in [0, 0.05) is 12.6 Å². The third kappa shape index (κ3) is 4.56. The van der Waals surface area contributed by atoms with Gasteiger partial charge in [0.25, 0.3) is 0 Å². The molecular formula is C13H21FN2O2S. The third-order valence-electron chi connectivity index (χ3n) is 2.83. The molecule has 1 rings (SSSR count). The molecule has 0 aliphatic carbocycles. The lowest BCUT2D eigenvalue weighted by Crippen LogP contribution is -2.32. The number of benzene rings is 1. The average Bonchev–Trinajstić information content (AvgIpc) is 2.35. The summed E-state index contributed by atoms with van der Waals surface area (Å²) >= 11 is 0. The van der Waals surface area contributed by atoms with Crippen LogP contribution >= 0.6 is 0 Å². The average molecular weight is 288 g/mol. The molecule has 0 aromatic heterocycles. The van der Waals surface area contributed by atoms with Crippen LogP contribution in [-0.2, 0) is 16.6 Å². The van der Waals surface area contributed by atoms with Gasteiger partial charge < -0.3 is 5.32 Å². The van der Waals surface area contributed by atoms with Gasteiger partial charge in [-0.15, -0.1) is 0 Å². The molecule has 0 aliphatic heterocycles. The second-order valence-electron chi connectivity index (χ2n) is 4.48. The minimum absolute atomic E-state index is 0.217. The second kappa shape index (κ2) is 6.98. The van der Waals surface area contributed by atoms with Gasteiger partial charge in [-0.05, 0) is 37.6 Å². The van der Waals surface area contributed by atoms with E-state index in [1.165, 1.54) is 12.1 Å². The van der Waals surface area contributed by atoms with Crippen LogP contribution in [0.3, 0.4) is 0 Å². The quantitative estimate of drug-likeness (QED) is 0.807. The van der Waals surface area contributed by atoms with Gasteiger partial charge in [-0.3, -0.25) is 0 Å². The summed E-state index contributed by atoms with van der Waals surface area (Å²) in [6, 6.07) is 3.98. The molecule has 108 valence electrons. The molecule has 1 unspecified atom stereocenters. The van der Waals surface area contributed by atoms with Gasteiger partial charge in [-0.1, -0.05) is 19.9 Å². The fourth-order valence-corrected chi connectivity index (χ4v) is 2.94. The Labute approximate surface area is 114 Å². The number of halogens is 1. The van der Waals surface area contributed by atoms with Crippen LogP contribution in [0.4, 0.5) is 4.39 Å². The molecule has 1 aromatic rings. The molecule has 0 amide bonds. The van der Waals surface area contributed by atoms with Crippen molar-refractivity contribution in [1.29, 1.82) is 0 Å². The standard InChI is InChI=1S/C13H21FN2O2S/c1-4-10(3)16-19(17,18)13-7-6-11(8-12(13)14)9-15-5-2/h6-8,10,15-16H,4-5,9H2,1-3H3. The molecule has 2 N–H and O–H groups in total. The largest absolute Gasteiger partial charge is 0.313 e. The van der Waals surface area contributed by atoms with Crippen LogP contribution in [0, 0.1) is 5.82 Å². The lowest BCUT2D eigenvalue weighted by Gasteiger charge is -2.13.